The molecule has 0 amide bonds. The minimum atomic E-state index is -0.0466. The summed E-state index contributed by atoms with van der Waals surface area (Å²) in [4.78, 5) is 2.34. The lowest BCUT2D eigenvalue weighted by atomic mass is 9.86. The number of anilines is 2. The van der Waals surface area contributed by atoms with Gasteiger partial charge in [0.25, 0.3) is 0 Å². The first kappa shape index (κ1) is 30.2. The third kappa shape index (κ3) is 4.74. The van der Waals surface area contributed by atoms with Crippen molar-refractivity contribution in [2.45, 2.75) is 25.3 Å². The Morgan fingerprint density at radius 2 is 1.47 bits per heavy atom. The number of aromatic nitrogens is 1. The molecule has 9 rings (SSSR count). The predicted octanol–water partition coefficient (Wildman–Crippen LogP) is 10.8. The van der Waals surface area contributed by atoms with Crippen molar-refractivity contribution in [3.05, 3.63) is 167 Å². The molecule has 2 heterocycles. The summed E-state index contributed by atoms with van der Waals surface area (Å²) in [6, 6.07) is 44.4. The number of nitriles is 3. The average Bonchev–Trinajstić information content (AvgIpc) is 3.69. The molecule has 0 bridgehead atoms. The lowest BCUT2D eigenvalue weighted by molar-refractivity contribution is 0.736. The summed E-state index contributed by atoms with van der Waals surface area (Å²) in [6.07, 6.45) is 11.4. The number of rotatable bonds is 4. The Morgan fingerprint density at radius 1 is 0.686 bits per heavy atom. The fourth-order valence-corrected chi connectivity index (χ4v) is 8.36. The van der Waals surface area contributed by atoms with Gasteiger partial charge in [-0.3, -0.25) is 0 Å². The standard InChI is InChI=1S/C46H31N5/c1-29-22-32(18-21-41(29)50-44-13-7-4-10-37(44)40-23-30(26-47)15-20-45(40)50)33-16-17-34(28-49)39(25-33)36-9-3-6-12-43(36)51-42-11-5-2-8-35(42)38-19-14-31(27-48)24-46(38)51/h2-21,23-25,29,38,46H,22H2,1H3. The molecule has 0 N–H and O–H groups in total. The summed E-state index contributed by atoms with van der Waals surface area (Å²) in [6.45, 7) is 2.27. The van der Waals surface area contributed by atoms with Crippen LogP contribution in [0.3, 0.4) is 0 Å². The first-order valence-electron chi connectivity index (χ1n) is 17.2. The van der Waals surface area contributed by atoms with Crippen LogP contribution in [0.4, 0.5) is 11.4 Å². The van der Waals surface area contributed by atoms with Crippen molar-refractivity contribution in [1.82, 2.24) is 4.57 Å². The molecular formula is C46H31N5. The monoisotopic (exact) mass is 653 g/mol. The van der Waals surface area contributed by atoms with Crippen molar-refractivity contribution in [3.63, 3.8) is 0 Å². The van der Waals surface area contributed by atoms with Crippen molar-refractivity contribution in [2.24, 2.45) is 5.92 Å². The van der Waals surface area contributed by atoms with E-state index >= 15 is 0 Å². The summed E-state index contributed by atoms with van der Waals surface area (Å²) in [7, 11) is 0. The maximum Gasteiger partial charge on any atom is 0.0998 e. The van der Waals surface area contributed by atoms with Crippen LogP contribution in [-0.2, 0) is 0 Å². The Hall–Kier alpha value is -6.87. The van der Waals surface area contributed by atoms with Gasteiger partial charge in [0, 0.05) is 56.4 Å². The van der Waals surface area contributed by atoms with E-state index in [4.69, 9.17) is 0 Å². The minimum Gasteiger partial charge on any atom is -0.333 e. The highest BCUT2D eigenvalue weighted by Gasteiger charge is 2.39. The molecule has 1 aromatic heterocycles. The van der Waals surface area contributed by atoms with Crippen molar-refractivity contribution < 1.29 is 0 Å². The average molecular weight is 654 g/mol. The lowest BCUT2D eigenvalue weighted by Gasteiger charge is -2.31. The van der Waals surface area contributed by atoms with Gasteiger partial charge in [-0.05, 0) is 89.9 Å². The Morgan fingerprint density at radius 3 is 2.29 bits per heavy atom. The molecule has 0 spiro atoms. The van der Waals surface area contributed by atoms with E-state index in [-0.39, 0.29) is 17.9 Å². The Balaban J connectivity index is 1.15. The molecule has 240 valence electrons. The minimum absolute atomic E-state index is 0.0466. The second kappa shape index (κ2) is 11.9. The Labute approximate surface area is 296 Å². The van der Waals surface area contributed by atoms with Gasteiger partial charge in [0.15, 0.2) is 0 Å². The zero-order chi connectivity index (χ0) is 34.6. The van der Waals surface area contributed by atoms with Gasteiger partial charge < -0.3 is 9.47 Å². The predicted molar refractivity (Wildman–Crippen MR) is 205 cm³/mol. The van der Waals surface area contributed by atoms with E-state index in [0.29, 0.717) is 16.7 Å². The van der Waals surface area contributed by atoms with Crippen molar-refractivity contribution in [1.29, 1.82) is 15.8 Å². The third-order valence-corrected chi connectivity index (χ3v) is 10.7. The number of nitrogens with zero attached hydrogens (tertiary/aromatic N) is 5. The van der Waals surface area contributed by atoms with Gasteiger partial charge in [-0.2, -0.15) is 15.8 Å². The fourth-order valence-electron chi connectivity index (χ4n) is 8.36. The number of hydrogen-bond acceptors (Lipinski definition) is 4. The molecule has 3 unspecified atom stereocenters. The van der Waals surface area contributed by atoms with Crippen LogP contribution in [0.15, 0.2) is 145 Å². The summed E-state index contributed by atoms with van der Waals surface area (Å²) in [5, 5.41) is 32.0. The first-order chi connectivity index (χ1) is 25.1. The maximum atomic E-state index is 10.4. The molecule has 0 saturated carbocycles. The van der Waals surface area contributed by atoms with Crippen LogP contribution in [0.1, 0.15) is 41.5 Å². The highest BCUT2D eigenvalue weighted by atomic mass is 15.2. The molecule has 5 heteroatoms. The molecule has 6 aromatic rings. The molecule has 1 aliphatic heterocycles. The van der Waals surface area contributed by atoms with Crippen LogP contribution in [0.2, 0.25) is 0 Å². The largest absolute Gasteiger partial charge is 0.333 e. The van der Waals surface area contributed by atoms with Gasteiger partial charge >= 0.3 is 0 Å². The Kier molecular flexibility index (Phi) is 7.06. The van der Waals surface area contributed by atoms with E-state index in [1.807, 2.05) is 36.4 Å². The highest BCUT2D eigenvalue weighted by molar-refractivity contribution is 6.10. The second-order valence-electron chi connectivity index (χ2n) is 13.5. The van der Waals surface area contributed by atoms with Crippen LogP contribution in [-0.4, -0.2) is 10.6 Å². The zero-order valence-electron chi connectivity index (χ0n) is 28.0. The van der Waals surface area contributed by atoms with Crippen molar-refractivity contribution >= 4 is 44.5 Å². The zero-order valence-corrected chi connectivity index (χ0v) is 28.0. The molecule has 0 fully saturated rings. The number of hydrogen-bond donors (Lipinski definition) is 0. The molecule has 0 saturated heterocycles. The fraction of sp³-hybridized carbons (Fsp3) is 0.109. The summed E-state index contributed by atoms with van der Waals surface area (Å²) in [5.74, 6) is 0.343. The maximum absolute atomic E-state index is 10.4. The van der Waals surface area contributed by atoms with Gasteiger partial charge in [0.05, 0.1) is 46.4 Å². The lowest BCUT2D eigenvalue weighted by Crippen LogP contribution is -2.29. The number of allylic oxidation sites excluding steroid dienone is 6. The second-order valence-corrected chi connectivity index (χ2v) is 13.5. The Bertz CT molecular complexity index is 2700. The molecule has 0 radical (unpaired) electrons. The normalized spacial score (nSPS) is 19.0. The van der Waals surface area contributed by atoms with E-state index in [9.17, 15) is 15.8 Å². The third-order valence-electron chi connectivity index (χ3n) is 10.7. The SMILES string of the molecule is CC1CC(c2ccc(C#N)c(-c3ccccc3N3c4ccccc4C4C=CC(C#N)=CC43)c2)=CC=C1n1c2ccccc2c2cc(C#N)ccc21. The van der Waals surface area contributed by atoms with Gasteiger partial charge in [0.2, 0.25) is 0 Å². The number of fused-ring (bicyclic) bond motifs is 6. The highest BCUT2D eigenvalue weighted by Crippen LogP contribution is 2.51. The molecule has 51 heavy (non-hydrogen) atoms. The van der Waals surface area contributed by atoms with E-state index in [1.165, 1.54) is 16.8 Å². The van der Waals surface area contributed by atoms with Crippen LogP contribution < -0.4 is 4.90 Å². The number of benzene rings is 5. The molecule has 5 aromatic carbocycles. The number of para-hydroxylation sites is 3. The van der Waals surface area contributed by atoms with Crippen LogP contribution in [0.25, 0.3) is 44.2 Å². The van der Waals surface area contributed by atoms with Gasteiger partial charge in [-0.1, -0.05) is 79.7 Å². The quantitative estimate of drug-likeness (QED) is 0.190. The van der Waals surface area contributed by atoms with E-state index in [0.717, 1.165) is 56.3 Å². The smallest absolute Gasteiger partial charge is 0.0998 e. The van der Waals surface area contributed by atoms with E-state index in [1.54, 1.807) is 0 Å². The molecule has 2 aliphatic carbocycles. The van der Waals surface area contributed by atoms with Crippen LogP contribution >= 0.6 is 0 Å². The summed E-state index contributed by atoms with van der Waals surface area (Å²) >= 11 is 0. The summed E-state index contributed by atoms with van der Waals surface area (Å²) < 4.78 is 2.35. The van der Waals surface area contributed by atoms with Crippen LogP contribution in [0.5, 0.6) is 0 Å². The van der Waals surface area contributed by atoms with E-state index in [2.05, 4.69) is 138 Å². The van der Waals surface area contributed by atoms with Gasteiger partial charge in [0.1, 0.15) is 0 Å². The molecule has 5 nitrogen and oxygen atoms in total. The summed E-state index contributed by atoms with van der Waals surface area (Å²) in [5.41, 5.74) is 12.9. The molecule has 3 atom stereocenters. The van der Waals surface area contributed by atoms with Crippen molar-refractivity contribution in [2.75, 3.05) is 4.90 Å². The first-order valence-corrected chi connectivity index (χ1v) is 17.2. The van der Waals surface area contributed by atoms with Crippen LogP contribution in [0, 0.1) is 39.9 Å². The van der Waals surface area contributed by atoms with Gasteiger partial charge in [-0.25, -0.2) is 0 Å². The topological polar surface area (TPSA) is 79.5 Å². The molecule has 3 aliphatic rings. The van der Waals surface area contributed by atoms with Gasteiger partial charge in [-0.15, -0.1) is 0 Å². The van der Waals surface area contributed by atoms with Crippen molar-refractivity contribution in [3.8, 4) is 29.3 Å². The van der Waals surface area contributed by atoms with E-state index < -0.39 is 0 Å². The molecular weight excluding hydrogens is 623 g/mol.